The average molecular weight is 839 g/mol. The van der Waals surface area contributed by atoms with E-state index in [2.05, 4.69) is 55.1 Å². The van der Waals surface area contributed by atoms with Crippen LogP contribution < -0.4 is 4.74 Å². The Labute approximate surface area is 287 Å². The van der Waals surface area contributed by atoms with Gasteiger partial charge in [0.2, 0.25) is 0 Å². The predicted molar refractivity (Wildman–Crippen MR) is 151 cm³/mol. The fourth-order valence-corrected chi connectivity index (χ4v) is 5.96. The summed E-state index contributed by atoms with van der Waals surface area (Å²) in [6, 6.07) is 13.1. The van der Waals surface area contributed by atoms with Crippen LogP contribution >= 0.6 is 25.3 Å². The molecule has 0 spiro atoms. The number of halogens is 18. The highest BCUT2D eigenvalue weighted by atomic mass is 32.2. The summed E-state index contributed by atoms with van der Waals surface area (Å²) in [6.07, 6.45) is -4.32. The van der Waals surface area contributed by atoms with Crippen molar-refractivity contribution in [1.29, 1.82) is 0 Å². The van der Waals surface area contributed by atoms with E-state index in [1.807, 2.05) is 0 Å². The summed E-state index contributed by atoms with van der Waals surface area (Å²) < 4.78 is 255. The number of ether oxygens (including phenoxy) is 1. The van der Waals surface area contributed by atoms with Crippen molar-refractivity contribution < 1.29 is 96.7 Å². The molecule has 2 aromatic rings. The van der Waals surface area contributed by atoms with Gasteiger partial charge in [0.05, 0.1) is 6.61 Å². The van der Waals surface area contributed by atoms with Gasteiger partial charge < -0.3 is 4.74 Å². The van der Waals surface area contributed by atoms with Gasteiger partial charge in [-0.2, -0.15) is 108 Å². The summed E-state index contributed by atoms with van der Waals surface area (Å²) in [5, 5.41) is -5.43. The highest BCUT2D eigenvalue weighted by Crippen LogP contribution is 2.64. The molecule has 0 aliphatic carbocycles. The first-order chi connectivity index (χ1) is 22.5. The zero-order chi connectivity index (χ0) is 39.0. The standard InChI is InChI=1S/C18H22OS.C8F18O3S.H2S/c1-2-3-11-19-18-16-7-5-4-6-14(16)8-9-17(18)15-10-12-20-13-15;9-1(10,3(13,14)5(17,18)7(21,22)23)2(11,12)4(15,16)6(19,20)8(24,25)30(27,28)29-26;/h4-9,15H,2-3,10-13H2,1H3;;1H2. The lowest BCUT2D eigenvalue weighted by Crippen LogP contribution is -2.75. The molecule has 51 heavy (non-hydrogen) atoms. The molecule has 296 valence electrons. The van der Waals surface area contributed by atoms with Crippen LogP contribution in [0.3, 0.4) is 0 Å². The lowest BCUT2D eigenvalue weighted by atomic mass is 9.91. The number of unbranched alkanes of at least 4 members (excludes halogenated alkanes) is 1. The van der Waals surface area contributed by atoms with Gasteiger partial charge in [-0.3, -0.25) is 0 Å². The van der Waals surface area contributed by atoms with Crippen LogP contribution in [0.5, 0.6) is 5.75 Å². The van der Waals surface area contributed by atoms with Crippen molar-refractivity contribution >= 4 is 46.1 Å². The monoisotopic (exact) mass is 838 g/mol. The fourth-order valence-electron chi connectivity index (χ4n) is 4.19. The molecule has 1 aliphatic rings. The van der Waals surface area contributed by atoms with Crippen LogP contribution in [0.25, 0.3) is 10.8 Å². The molecule has 1 unspecified atom stereocenters. The predicted octanol–water partition coefficient (Wildman–Crippen LogP) is 10.5. The summed E-state index contributed by atoms with van der Waals surface area (Å²) >= 11 is 2.06. The maximum Gasteiger partial charge on any atom is 0.460 e. The second-order valence-corrected chi connectivity index (χ2v) is 13.1. The molecule has 0 radical (unpaired) electrons. The van der Waals surface area contributed by atoms with E-state index in [0.29, 0.717) is 5.92 Å². The fraction of sp³-hybridized carbons (Fsp3) is 0.615. The van der Waals surface area contributed by atoms with Gasteiger partial charge in [0.25, 0.3) is 0 Å². The number of alkyl halides is 17. The average Bonchev–Trinajstić information content (AvgIpc) is 3.55. The lowest BCUT2D eigenvalue weighted by molar-refractivity contribution is -0.458. The minimum absolute atomic E-state index is 0. The minimum Gasteiger partial charge on any atom is -0.493 e. The Kier molecular flexibility index (Phi) is 14.4. The zero-order valence-electron chi connectivity index (χ0n) is 25.0. The highest BCUT2D eigenvalue weighted by molar-refractivity contribution is 7.99. The molecule has 3 rings (SSSR count). The molecule has 4 nitrogen and oxygen atoms in total. The minimum atomic E-state index is -8.96. The SMILES string of the molecule is CCCCOc1c(C2CCSC2)ccc2ccccc12.O=S(=O)(OF)C(F)(F)C(F)(F)C(F)(F)C(F)(F)C(F)(F)C(F)(F)C(F)(F)C(F)(F)F.S. The Morgan fingerprint density at radius 2 is 1.22 bits per heavy atom. The Bertz CT molecular complexity index is 1580. The van der Waals surface area contributed by atoms with Crippen molar-refractivity contribution in [3.8, 4) is 5.75 Å². The molecule has 1 heterocycles. The van der Waals surface area contributed by atoms with Gasteiger partial charge in [-0.1, -0.05) is 54.1 Å². The summed E-state index contributed by atoms with van der Waals surface area (Å²) in [4.78, 5) is 0. The quantitative estimate of drug-likeness (QED) is 0.149. The molecule has 1 aliphatic heterocycles. The molecular weight excluding hydrogens is 814 g/mol. The summed E-state index contributed by atoms with van der Waals surface area (Å²) in [5.41, 5.74) is 1.42. The molecule has 0 saturated carbocycles. The molecule has 2 aromatic carbocycles. The first kappa shape index (κ1) is 46.9. The van der Waals surface area contributed by atoms with Gasteiger partial charge in [-0.05, 0) is 40.0 Å². The molecule has 1 saturated heterocycles. The third-order valence-electron chi connectivity index (χ3n) is 7.11. The first-order valence-corrected chi connectivity index (χ1v) is 16.0. The van der Waals surface area contributed by atoms with E-state index in [4.69, 9.17) is 4.74 Å². The molecule has 0 bridgehead atoms. The molecule has 0 N–H and O–H groups in total. The van der Waals surface area contributed by atoms with Crippen LogP contribution in [0.4, 0.5) is 79.2 Å². The highest BCUT2D eigenvalue weighted by Gasteiger charge is 2.96. The normalized spacial score (nSPS) is 17.1. The second kappa shape index (κ2) is 15.7. The van der Waals surface area contributed by atoms with E-state index in [0.717, 1.165) is 23.2 Å². The molecular formula is C26H24F18O4S3. The third kappa shape index (κ3) is 7.90. The number of benzene rings is 2. The van der Waals surface area contributed by atoms with Crippen molar-refractivity contribution in [3.05, 3.63) is 42.0 Å². The van der Waals surface area contributed by atoms with E-state index >= 15 is 0 Å². The van der Waals surface area contributed by atoms with Gasteiger partial charge in [-0.25, -0.2) is 0 Å². The van der Waals surface area contributed by atoms with Crippen molar-refractivity contribution in [3.63, 3.8) is 0 Å². The molecule has 1 fully saturated rings. The topological polar surface area (TPSA) is 52.6 Å². The van der Waals surface area contributed by atoms with Gasteiger partial charge in [0.1, 0.15) is 5.75 Å². The summed E-state index contributed by atoms with van der Waals surface area (Å²) in [6.45, 7) is 3.04. The Hall–Kier alpha value is -2.15. The van der Waals surface area contributed by atoms with Crippen molar-refractivity contribution in [1.82, 2.24) is 0 Å². The lowest BCUT2D eigenvalue weighted by Gasteiger charge is -2.42. The van der Waals surface area contributed by atoms with Crippen LogP contribution in [0.15, 0.2) is 36.4 Å². The van der Waals surface area contributed by atoms with E-state index in [1.54, 1.807) is 0 Å². The van der Waals surface area contributed by atoms with Crippen LogP contribution in [-0.4, -0.2) is 73.5 Å². The van der Waals surface area contributed by atoms with Gasteiger partial charge in [-0.15, -0.1) is 0 Å². The van der Waals surface area contributed by atoms with Crippen molar-refractivity contribution in [2.24, 2.45) is 0 Å². The van der Waals surface area contributed by atoms with E-state index in [-0.39, 0.29) is 13.5 Å². The van der Waals surface area contributed by atoms with Gasteiger partial charge in [0, 0.05) is 11.1 Å². The van der Waals surface area contributed by atoms with Crippen LogP contribution in [0.1, 0.15) is 37.7 Å². The van der Waals surface area contributed by atoms with Crippen LogP contribution in [-0.2, 0) is 14.5 Å². The summed E-state index contributed by atoms with van der Waals surface area (Å²) in [7, 11) is -8.06. The molecule has 0 aromatic heterocycles. The number of hydrogen-bond acceptors (Lipinski definition) is 5. The maximum absolute atomic E-state index is 13.1. The van der Waals surface area contributed by atoms with Gasteiger partial charge >= 0.3 is 57.1 Å². The number of rotatable bonds is 13. The van der Waals surface area contributed by atoms with Crippen LogP contribution in [0, 0.1) is 0 Å². The van der Waals surface area contributed by atoms with Gasteiger partial charge in [0.15, 0.2) is 0 Å². The van der Waals surface area contributed by atoms with E-state index in [1.165, 1.54) is 40.7 Å². The van der Waals surface area contributed by atoms with Crippen molar-refractivity contribution in [2.75, 3.05) is 18.1 Å². The largest absolute Gasteiger partial charge is 0.493 e. The first-order valence-electron chi connectivity index (χ1n) is 13.4. The number of hydrogen-bond donors (Lipinski definition) is 0. The van der Waals surface area contributed by atoms with Crippen molar-refractivity contribution in [2.45, 2.75) is 79.1 Å². The molecule has 0 amide bonds. The number of fused-ring (bicyclic) bond motifs is 1. The van der Waals surface area contributed by atoms with E-state index in [9.17, 15) is 87.6 Å². The third-order valence-corrected chi connectivity index (χ3v) is 9.33. The zero-order valence-corrected chi connectivity index (χ0v) is 27.7. The summed E-state index contributed by atoms with van der Waals surface area (Å²) in [5.74, 6) is -48.0. The maximum atomic E-state index is 13.1. The number of thioether (sulfide) groups is 1. The Balaban J connectivity index is 0.000000533. The molecule has 25 heteroatoms. The molecule has 1 atom stereocenters. The smallest absolute Gasteiger partial charge is 0.460 e. The van der Waals surface area contributed by atoms with Crippen LogP contribution in [0.2, 0.25) is 0 Å². The van der Waals surface area contributed by atoms with E-state index < -0.39 is 57.1 Å². The second-order valence-electron chi connectivity index (χ2n) is 10.4. The Morgan fingerprint density at radius 1 is 0.725 bits per heavy atom. The Morgan fingerprint density at radius 3 is 1.67 bits per heavy atom.